The van der Waals surface area contributed by atoms with Crippen LogP contribution in [-0.2, 0) is 4.79 Å². The van der Waals surface area contributed by atoms with Crippen LogP contribution in [0.5, 0.6) is 0 Å². The monoisotopic (exact) mass is 476 g/mol. The number of para-hydroxylation sites is 2. The Hall–Kier alpha value is -2.92. The standard InChI is InChI=1S/C26H25BrN2O2/c1-3-25(30)28-18(2)17-24(22-11-7-8-12-23(22)28)29(21-9-5-4-6-10-21)26(31)19-13-15-20(27)16-14-19/h4-16,18,24H,3,17H2,1-2H3/t18-,24-/m1/s1. The lowest BCUT2D eigenvalue weighted by Gasteiger charge is -2.43. The van der Waals surface area contributed by atoms with Crippen LogP contribution >= 0.6 is 15.9 Å². The molecule has 1 aliphatic rings. The molecule has 0 bridgehead atoms. The highest BCUT2D eigenvalue weighted by Gasteiger charge is 2.38. The Kier molecular flexibility index (Phi) is 6.23. The molecule has 0 spiro atoms. The van der Waals surface area contributed by atoms with Crippen molar-refractivity contribution in [3.05, 3.63) is 94.5 Å². The number of amides is 2. The van der Waals surface area contributed by atoms with Crippen molar-refractivity contribution in [3.63, 3.8) is 0 Å². The summed E-state index contributed by atoms with van der Waals surface area (Å²) in [4.78, 5) is 30.3. The molecule has 2 atom stereocenters. The number of nitrogens with zero attached hydrogens (tertiary/aromatic N) is 2. The minimum Gasteiger partial charge on any atom is -0.309 e. The first-order valence-corrected chi connectivity index (χ1v) is 11.4. The third-order valence-electron chi connectivity index (χ3n) is 5.79. The Bertz CT molecular complexity index is 1080. The predicted octanol–water partition coefficient (Wildman–Crippen LogP) is 6.37. The van der Waals surface area contributed by atoms with Crippen LogP contribution in [0.4, 0.5) is 11.4 Å². The van der Waals surface area contributed by atoms with Crippen molar-refractivity contribution < 1.29 is 9.59 Å². The first-order valence-electron chi connectivity index (χ1n) is 10.6. The molecule has 0 fully saturated rings. The van der Waals surface area contributed by atoms with Crippen LogP contribution in [0.25, 0.3) is 0 Å². The van der Waals surface area contributed by atoms with Crippen molar-refractivity contribution in [2.45, 2.75) is 38.8 Å². The third-order valence-corrected chi connectivity index (χ3v) is 6.32. The second kappa shape index (κ2) is 9.06. The van der Waals surface area contributed by atoms with Gasteiger partial charge in [0.1, 0.15) is 0 Å². The number of anilines is 2. The summed E-state index contributed by atoms with van der Waals surface area (Å²) >= 11 is 3.45. The molecule has 0 unspecified atom stereocenters. The number of fused-ring (bicyclic) bond motifs is 1. The molecule has 2 amide bonds. The second-order valence-electron chi connectivity index (χ2n) is 7.79. The van der Waals surface area contributed by atoms with Gasteiger partial charge in [-0.05, 0) is 61.4 Å². The summed E-state index contributed by atoms with van der Waals surface area (Å²) in [5.41, 5.74) is 3.36. The van der Waals surface area contributed by atoms with Gasteiger partial charge in [-0.25, -0.2) is 0 Å². The van der Waals surface area contributed by atoms with Gasteiger partial charge in [-0.3, -0.25) is 9.59 Å². The van der Waals surface area contributed by atoms with Crippen LogP contribution in [-0.4, -0.2) is 17.9 Å². The van der Waals surface area contributed by atoms with Crippen LogP contribution in [0.2, 0.25) is 0 Å². The normalized spacial score (nSPS) is 17.7. The van der Waals surface area contributed by atoms with Crippen LogP contribution in [0.3, 0.4) is 0 Å². The molecule has 0 saturated carbocycles. The van der Waals surface area contributed by atoms with E-state index in [0.29, 0.717) is 18.4 Å². The summed E-state index contributed by atoms with van der Waals surface area (Å²) < 4.78 is 0.931. The van der Waals surface area contributed by atoms with Gasteiger partial charge < -0.3 is 9.80 Å². The highest BCUT2D eigenvalue weighted by molar-refractivity contribution is 9.10. The van der Waals surface area contributed by atoms with Crippen molar-refractivity contribution in [3.8, 4) is 0 Å². The molecule has 3 aromatic rings. The molecule has 0 saturated heterocycles. The summed E-state index contributed by atoms with van der Waals surface area (Å²) in [7, 11) is 0. The molecule has 4 rings (SSSR count). The zero-order chi connectivity index (χ0) is 22.0. The molecule has 4 nitrogen and oxygen atoms in total. The summed E-state index contributed by atoms with van der Waals surface area (Å²) in [6, 6.07) is 25.0. The number of hydrogen-bond donors (Lipinski definition) is 0. The molecule has 0 aromatic heterocycles. The van der Waals surface area contributed by atoms with Crippen molar-refractivity contribution in [1.29, 1.82) is 0 Å². The Morgan fingerprint density at radius 3 is 2.29 bits per heavy atom. The Morgan fingerprint density at radius 2 is 1.61 bits per heavy atom. The highest BCUT2D eigenvalue weighted by Crippen LogP contribution is 2.42. The van der Waals surface area contributed by atoms with E-state index in [1.807, 2.05) is 95.6 Å². The van der Waals surface area contributed by atoms with Crippen molar-refractivity contribution >= 4 is 39.1 Å². The van der Waals surface area contributed by atoms with Crippen LogP contribution in [0.15, 0.2) is 83.3 Å². The minimum atomic E-state index is -0.175. The molecule has 0 N–H and O–H groups in total. The van der Waals surface area contributed by atoms with Crippen LogP contribution in [0, 0.1) is 0 Å². The van der Waals surface area contributed by atoms with Crippen molar-refractivity contribution in [2.75, 3.05) is 9.80 Å². The van der Waals surface area contributed by atoms with E-state index in [4.69, 9.17) is 0 Å². The molecule has 5 heteroatoms. The van der Waals surface area contributed by atoms with Crippen molar-refractivity contribution in [2.24, 2.45) is 0 Å². The number of benzene rings is 3. The van der Waals surface area contributed by atoms with E-state index in [1.54, 1.807) is 0 Å². The first-order chi connectivity index (χ1) is 15.0. The Labute approximate surface area is 191 Å². The fourth-order valence-electron chi connectivity index (χ4n) is 4.34. The number of carbonyl (C=O) groups excluding carboxylic acids is 2. The minimum absolute atomic E-state index is 0.0173. The smallest absolute Gasteiger partial charge is 0.258 e. The molecule has 158 valence electrons. The molecular weight excluding hydrogens is 452 g/mol. The van der Waals surface area contributed by atoms with Gasteiger partial charge >= 0.3 is 0 Å². The molecule has 1 heterocycles. The lowest BCUT2D eigenvalue weighted by Crippen LogP contribution is -2.47. The molecule has 31 heavy (non-hydrogen) atoms. The fraction of sp³-hybridized carbons (Fsp3) is 0.231. The van der Waals surface area contributed by atoms with Gasteiger partial charge in [0.2, 0.25) is 5.91 Å². The quantitative estimate of drug-likeness (QED) is 0.438. The predicted molar refractivity (Wildman–Crippen MR) is 128 cm³/mol. The maximum absolute atomic E-state index is 13.8. The fourth-order valence-corrected chi connectivity index (χ4v) is 4.60. The van der Waals surface area contributed by atoms with Crippen LogP contribution in [0.1, 0.15) is 48.7 Å². The van der Waals surface area contributed by atoms with E-state index in [9.17, 15) is 9.59 Å². The van der Waals surface area contributed by atoms with E-state index >= 15 is 0 Å². The second-order valence-corrected chi connectivity index (χ2v) is 8.71. The summed E-state index contributed by atoms with van der Waals surface area (Å²) in [6.07, 6.45) is 1.11. The zero-order valence-corrected chi connectivity index (χ0v) is 19.2. The molecule has 1 aliphatic heterocycles. The highest BCUT2D eigenvalue weighted by atomic mass is 79.9. The largest absolute Gasteiger partial charge is 0.309 e. The number of rotatable bonds is 4. The lowest BCUT2D eigenvalue weighted by atomic mass is 9.89. The van der Waals surface area contributed by atoms with Gasteiger partial charge in [-0.1, -0.05) is 59.3 Å². The van der Waals surface area contributed by atoms with Crippen molar-refractivity contribution in [1.82, 2.24) is 0 Å². The summed E-state index contributed by atoms with van der Waals surface area (Å²) in [5, 5.41) is 0. The molecule has 0 aliphatic carbocycles. The molecule has 0 radical (unpaired) electrons. The number of hydrogen-bond acceptors (Lipinski definition) is 2. The maximum Gasteiger partial charge on any atom is 0.258 e. The van der Waals surface area contributed by atoms with Gasteiger partial charge in [0.05, 0.1) is 6.04 Å². The topological polar surface area (TPSA) is 40.6 Å². The van der Waals surface area contributed by atoms with E-state index < -0.39 is 0 Å². The Morgan fingerprint density at radius 1 is 0.968 bits per heavy atom. The first kappa shape index (κ1) is 21.3. The average molecular weight is 477 g/mol. The van der Waals surface area contributed by atoms with E-state index in [-0.39, 0.29) is 23.9 Å². The Balaban J connectivity index is 1.84. The van der Waals surface area contributed by atoms with E-state index in [0.717, 1.165) is 21.4 Å². The number of carbonyl (C=O) groups is 2. The summed E-state index contributed by atoms with van der Waals surface area (Å²) in [5.74, 6) is 0.0462. The SMILES string of the molecule is CCC(=O)N1c2ccccc2[C@H](N(C(=O)c2ccc(Br)cc2)c2ccccc2)C[C@H]1C. The molecular formula is C26H25BrN2O2. The van der Waals surface area contributed by atoms with Gasteiger partial charge in [0, 0.05) is 33.9 Å². The lowest BCUT2D eigenvalue weighted by molar-refractivity contribution is -0.118. The van der Waals surface area contributed by atoms with Gasteiger partial charge in [0.15, 0.2) is 0 Å². The van der Waals surface area contributed by atoms with E-state index in [1.165, 1.54) is 0 Å². The van der Waals surface area contributed by atoms with Crippen LogP contribution < -0.4 is 9.80 Å². The third kappa shape index (κ3) is 4.15. The average Bonchev–Trinajstić information content (AvgIpc) is 2.80. The number of halogens is 1. The molecule has 3 aromatic carbocycles. The zero-order valence-electron chi connectivity index (χ0n) is 17.7. The van der Waals surface area contributed by atoms with Gasteiger partial charge in [-0.2, -0.15) is 0 Å². The van der Waals surface area contributed by atoms with Gasteiger partial charge in [-0.15, -0.1) is 0 Å². The van der Waals surface area contributed by atoms with E-state index in [2.05, 4.69) is 22.9 Å². The maximum atomic E-state index is 13.8. The summed E-state index contributed by atoms with van der Waals surface area (Å²) in [6.45, 7) is 3.95. The van der Waals surface area contributed by atoms with Gasteiger partial charge in [0.25, 0.3) is 5.91 Å².